The average molecular weight is 264 g/mol. The normalized spacial score (nSPS) is 20.5. The van der Waals surface area contributed by atoms with E-state index in [0.29, 0.717) is 6.04 Å². The summed E-state index contributed by atoms with van der Waals surface area (Å²) >= 11 is 0. The van der Waals surface area contributed by atoms with Crippen LogP contribution in [0.25, 0.3) is 0 Å². The maximum absolute atomic E-state index is 5.15. The minimum Gasteiger partial charge on any atom is -0.383 e. The van der Waals surface area contributed by atoms with Crippen molar-refractivity contribution < 1.29 is 4.74 Å². The molecule has 1 N–H and O–H groups in total. The second-order valence-electron chi connectivity index (χ2n) is 5.22. The minimum atomic E-state index is 0.472. The van der Waals surface area contributed by atoms with Crippen LogP contribution in [0.4, 0.5) is 5.82 Å². The largest absolute Gasteiger partial charge is 0.383 e. The molecule has 106 valence electrons. The molecule has 5 nitrogen and oxygen atoms in total. The Labute approximate surface area is 115 Å². The zero-order valence-corrected chi connectivity index (χ0v) is 12.1. The lowest BCUT2D eigenvalue weighted by molar-refractivity contribution is 0.131. The number of ether oxygens (including phenoxy) is 1. The van der Waals surface area contributed by atoms with Crippen LogP contribution in [0.1, 0.15) is 24.4 Å². The topological polar surface area (TPSA) is 50.3 Å². The maximum Gasteiger partial charge on any atom is 0.130 e. The third-order valence-corrected chi connectivity index (χ3v) is 3.44. The van der Waals surface area contributed by atoms with E-state index in [1.54, 1.807) is 7.11 Å². The number of aromatic nitrogens is 2. The number of nitrogens with one attached hydrogen (secondary N) is 1. The summed E-state index contributed by atoms with van der Waals surface area (Å²) in [6.07, 6.45) is 2.43. The molecule has 1 aromatic heterocycles. The molecule has 0 aromatic carbocycles. The van der Waals surface area contributed by atoms with Crippen molar-refractivity contribution in [3.8, 4) is 0 Å². The van der Waals surface area contributed by atoms with Gasteiger partial charge in [-0.25, -0.2) is 9.97 Å². The molecule has 1 atom stereocenters. The van der Waals surface area contributed by atoms with Crippen molar-refractivity contribution in [1.29, 1.82) is 0 Å². The molecule has 0 amide bonds. The summed E-state index contributed by atoms with van der Waals surface area (Å²) in [5.74, 6) is 1.78. The molecule has 1 fully saturated rings. The van der Waals surface area contributed by atoms with E-state index in [1.165, 1.54) is 19.4 Å². The number of piperidine rings is 1. The van der Waals surface area contributed by atoms with Crippen LogP contribution >= 0.6 is 0 Å². The molecular weight excluding hydrogens is 240 g/mol. The van der Waals surface area contributed by atoms with E-state index in [2.05, 4.69) is 20.2 Å². The Morgan fingerprint density at radius 3 is 3.00 bits per heavy atom. The Morgan fingerprint density at radius 1 is 1.42 bits per heavy atom. The standard InChI is InChI=1S/C14H24N4O/c1-11-9-14(16-12(2)15-11)17-13-5-4-6-18(10-13)7-8-19-3/h9,13H,4-8,10H2,1-3H3,(H,15,16,17). The Balaban J connectivity index is 1.91. The number of hydrogen-bond donors (Lipinski definition) is 1. The Hall–Kier alpha value is -1.20. The van der Waals surface area contributed by atoms with E-state index in [9.17, 15) is 0 Å². The van der Waals surface area contributed by atoms with Crippen LogP contribution in [0, 0.1) is 13.8 Å². The molecule has 2 heterocycles. The number of likely N-dealkylation sites (tertiary alicyclic amines) is 1. The first-order valence-corrected chi connectivity index (χ1v) is 6.97. The summed E-state index contributed by atoms with van der Waals surface area (Å²) in [4.78, 5) is 11.2. The second kappa shape index (κ2) is 6.82. The fourth-order valence-corrected chi connectivity index (χ4v) is 2.60. The SMILES string of the molecule is COCCN1CCCC(Nc2cc(C)nc(C)n2)C1. The van der Waals surface area contributed by atoms with Gasteiger partial charge in [0.25, 0.3) is 0 Å². The van der Waals surface area contributed by atoms with Crippen molar-refractivity contribution in [2.75, 3.05) is 38.7 Å². The summed E-state index contributed by atoms with van der Waals surface area (Å²) in [7, 11) is 1.76. The summed E-state index contributed by atoms with van der Waals surface area (Å²) < 4.78 is 5.15. The molecule has 1 saturated heterocycles. The van der Waals surface area contributed by atoms with E-state index in [-0.39, 0.29) is 0 Å². The Kier molecular flexibility index (Phi) is 5.10. The minimum absolute atomic E-state index is 0.472. The van der Waals surface area contributed by atoms with Crippen molar-refractivity contribution in [2.24, 2.45) is 0 Å². The first-order valence-electron chi connectivity index (χ1n) is 6.97. The van der Waals surface area contributed by atoms with Crippen LogP contribution in [-0.4, -0.2) is 54.3 Å². The first-order chi connectivity index (χ1) is 9.17. The molecule has 0 bridgehead atoms. The number of rotatable bonds is 5. The third-order valence-electron chi connectivity index (χ3n) is 3.44. The molecular formula is C14H24N4O. The van der Waals surface area contributed by atoms with E-state index < -0.39 is 0 Å². The van der Waals surface area contributed by atoms with E-state index in [4.69, 9.17) is 4.74 Å². The smallest absolute Gasteiger partial charge is 0.130 e. The second-order valence-corrected chi connectivity index (χ2v) is 5.22. The highest BCUT2D eigenvalue weighted by Gasteiger charge is 2.19. The molecule has 1 aliphatic rings. The Bertz CT molecular complexity index is 390. The van der Waals surface area contributed by atoms with Gasteiger partial charge in [-0.3, -0.25) is 4.90 Å². The highest BCUT2D eigenvalue weighted by molar-refractivity contribution is 5.37. The molecule has 1 aliphatic heterocycles. The monoisotopic (exact) mass is 264 g/mol. The van der Waals surface area contributed by atoms with E-state index in [1.807, 2.05) is 19.9 Å². The third kappa shape index (κ3) is 4.44. The molecule has 0 radical (unpaired) electrons. The van der Waals surface area contributed by atoms with E-state index >= 15 is 0 Å². The van der Waals surface area contributed by atoms with Crippen molar-refractivity contribution in [3.63, 3.8) is 0 Å². The molecule has 0 spiro atoms. The zero-order valence-electron chi connectivity index (χ0n) is 12.1. The van der Waals surface area contributed by atoms with Crippen LogP contribution in [0.2, 0.25) is 0 Å². The fraction of sp³-hybridized carbons (Fsp3) is 0.714. The predicted octanol–water partition coefficient (Wildman–Crippen LogP) is 1.62. The lowest BCUT2D eigenvalue weighted by atomic mass is 10.1. The van der Waals surface area contributed by atoms with Gasteiger partial charge in [-0.2, -0.15) is 0 Å². The molecule has 1 unspecified atom stereocenters. The van der Waals surface area contributed by atoms with Gasteiger partial charge in [0.05, 0.1) is 6.61 Å². The highest BCUT2D eigenvalue weighted by Crippen LogP contribution is 2.15. The van der Waals surface area contributed by atoms with Crippen molar-refractivity contribution in [1.82, 2.24) is 14.9 Å². The Morgan fingerprint density at radius 2 is 2.26 bits per heavy atom. The maximum atomic E-state index is 5.15. The molecule has 1 aromatic rings. The number of methoxy groups -OCH3 is 1. The zero-order chi connectivity index (χ0) is 13.7. The van der Waals surface area contributed by atoms with Crippen LogP contribution in [0.3, 0.4) is 0 Å². The van der Waals surface area contributed by atoms with Gasteiger partial charge in [0.2, 0.25) is 0 Å². The predicted molar refractivity (Wildman–Crippen MR) is 76.5 cm³/mol. The van der Waals surface area contributed by atoms with Gasteiger partial charge < -0.3 is 10.1 Å². The van der Waals surface area contributed by atoms with Gasteiger partial charge in [0, 0.05) is 38.0 Å². The van der Waals surface area contributed by atoms with Crippen molar-refractivity contribution >= 4 is 5.82 Å². The van der Waals surface area contributed by atoms with Gasteiger partial charge in [-0.15, -0.1) is 0 Å². The quantitative estimate of drug-likeness (QED) is 0.875. The summed E-state index contributed by atoms with van der Waals surface area (Å²) in [5.41, 5.74) is 1.02. The number of nitrogens with zero attached hydrogens (tertiary/aromatic N) is 3. The van der Waals surface area contributed by atoms with Crippen LogP contribution in [0.5, 0.6) is 0 Å². The number of aryl methyl sites for hydroxylation is 2. The van der Waals surface area contributed by atoms with Crippen LogP contribution in [-0.2, 0) is 4.74 Å². The van der Waals surface area contributed by atoms with Gasteiger partial charge in [-0.05, 0) is 33.2 Å². The highest BCUT2D eigenvalue weighted by atomic mass is 16.5. The molecule has 2 rings (SSSR count). The fourth-order valence-electron chi connectivity index (χ4n) is 2.60. The molecule has 5 heteroatoms. The van der Waals surface area contributed by atoms with E-state index in [0.717, 1.165) is 37.0 Å². The lowest BCUT2D eigenvalue weighted by Gasteiger charge is -2.33. The molecule has 19 heavy (non-hydrogen) atoms. The summed E-state index contributed by atoms with van der Waals surface area (Å²) in [6.45, 7) is 7.99. The van der Waals surface area contributed by atoms with Gasteiger partial charge in [0.1, 0.15) is 11.6 Å². The number of anilines is 1. The number of hydrogen-bond acceptors (Lipinski definition) is 5. The van der Waals surface area contributed by atoms with Gasteiger partial charge in [0.15, 0.2) is 0 Å². The van der Waals surface area contributed by atoms with Crippen LogP contribution < -0.4 is 5.32 Å². The molecule has 0 aliphatic carbocycles. The first kappa shape index (κ1) is 14.2. The lowest BCUT2D eigenvalue weighted by Crippen LogP contribution is -2.43. The molecule has 0 saturated carbocycles. The van der Waals surface area contributed by atoms with Crippen molar-refractivity contribution in [3.05, 3.63) is 17.6 Å². The van der Waals surface area contributed by atoms with Gasteiger partial charge >= 0.3 is 0 Å². The summed E-state index contributed by atoms with van der Waals surface area (Å²) in [6, 6.07) is 2.49. The van der Waals surface area contributed by atoms with Crippen molar-refractivity contribution in [2.45, 2.75) is 32.7 Å². The average Bonchev–Trinajstić information content (AvgIpc) is 2.35. The van der Waals surface area contributed by atoms with Gasteiger partial charge in [-0.1, -0.05) is 0 Å². The van der Waals surface area contributed by atoms with Crippen LogP contribution in [0.15, 0.2) is 6.07 Å². The summed E-state index contributed by atoms with van der Waals surface area (Å²) in [5, 5.41) is 3.54.